The minimum absolute atomic E-state index is 0.0963. The van der Waals surface area contributed by atoms with Gasteiger partial charge in [0.25, 0.3) is 0 Å². The number of carbonyl (C=O) groups is 18. The van der Waals surface area contributed by atoms with Gasteiger partial charge >= 0.3 is 0 Å². The Morgan fingerprint density at radius 2 is 1.17 bits per heavy atom. The van der Waals surface area contributed by atoms with Gasteiger partial charge in [-0.15, -0.1) is 0 Å². The molecule has 1 saturated heterocycles. The number of aromatic amines is 1. The summed E-state index contributed by atoms with van der Waals surface area (Å²) in [4.78, 5) is 267. The van der Waals surface area contributed by atoms with Crippen LogP contribution in [0.4, 0.5) is 0 Å². The van der Waals surface area contributed by atoms with Crippen LogP contribution in [0.5, 0.6) is 5.75 Å². The highest BCUT2D eigenvalue weighted by Crippen LogP contribution is 2.47. The second-order valence-electron chi connectivity index (χ2n) is 35.6. The van der Waals surface area contributed by atoms with Crippen LogP contribution in [0.2, 0.25) is 0 Å². The number of hydrogen-bond acceptors (Lipinski definition) is 25. The lowest BCUT2D eigenvalue weighted by atomic mass is 9.91. The first kappa shape index (κ1) is 112. The number of fused-ring (bicyclic) bond motifs is 2. The maximum atomic E-state index is 16.4. The molecule has 138 heavy (non-hydrogen) atoms. The number of benzene rings is 4. The molecule has 0 radical (unpaired) electrons. The van der Waals surface area contributed by atoms with Gasteiger partial charge in [0.05, 0.1) is 25.5 Å². The predicted molar refractivity (Wildman–Crippen MR) is 518 cm³/mol. The van der Waals surface area contributed by atoms with Crippen LogP contribution < -0.4 is 108 Å². The third-order valence-corrected chi connectivity index (χ3v) is 27.2. The van der Waals surface area contributed by atoms with E-state index in [0.717, 1.165) is 51.3 Å². The van der Waals surface area contributed by atoms with E-state index in [0.29, 0.717) is 44.3 Å². The molecule has 26 N–H and O–H groups in total. The Morgan fingerprint density at radius 1 is 0.572 bits per heavy atom. The van der Waals surface area contributed by atoms with E-state index in [1.807, 2.05) is 31.2 Å². The number of pyridine rings is 1. The number of aliphatic hydroxyl groups is 1. The van der Waals surface area contributed by atoms with Crippen molar-refractivity contribution < 1.29 is 96.1 Å². The summed E-state index contributed by atoms with van der Waals surface area (Å²) >= 11 is 0. The van der Waals surface area contributed by atoms with Crippen LogP contribution in [0, 0.1) is 6.92 Å². The van der Waals surface area contributed by atoms with E-state index in [1.165, 1.54) is 67.9 Å². The van der Waals surface area contributed by atoms with Crippen LogP contribution in [0.3, 0.4) is 0 Å². The first-order valence-corrected chi connectivity index (χ1v) is 47.7. The van der Waals surface area contributed by atoms with Crippen molar-refractivity contribution in [3.05, 3.63) is 143 Å². The number of likely N-dealkylation sites (N-methyl/N-ethyl adjacent to an activating group) is 1. The number of nitrogens with two attached hydrogens (primary N) is 5. The number of para-hydroxylation sites is 1. The molecule has 1 fully saturated rings. The monoisotopic (exact) mass is 1950 g/mol. The summed E-state index contributed by atoms with van der Waals surface area (Å²) in [6.45, 7) is 14.1. The summed E-state index contributed by atoms with van der Waals surface area (Å²) in [5.41, 5.74) is 29.9. The number of aliphatic hydroxyl groups excluding tert-OH is 1. The molecule has 0 bridgehead atoms. The van der Waals surface area contributed by atoms with Gasteiger partial charge in [0.2, 0.25) is 106 Å². The van der Waals surface area contributed by atoms with Crippen LogP contribution >= 0.6 is 21.6 Å². The van der Waals surface area contributed by atoms with Gasteiger partial charge in [-0.05, 0) is 170 Å². The summed E-state index contributed by atoms with van der Waals surface area (Å²) in [6.07, 6.45) is 0.130. The lowest BCUT2D eigenvalue weighted by Gasteiger charge is -2.39. The number of carbonyl (C=O) groups excluding carboxylic acids is 18. The van der Waals surface area contributed by atoms with E-state index in [2.05, 4.69) is 84.4 Å². The molecule has 2 aromatic heterocycles. The standard InChI is InChI=1S/C94H132N22O20S2/c1-52-22-20-26-64-62(50-103-76(52)64)46-69-83(127)105-65(27-14-18-39-101-54(3)118)81(125)114-79(93(8,9)138-137-92(6,7)78(104-56(5)120)88(132)110-71(48-74(98)122)85(129)113-77(53(2)117)87(131)108-69)89(133)109-67(43-57-30-33-63(34-31-57)136-41-37-96)82(126)106-68(44-58-29-32-60-24-12-13-25-61(60)42-58)86(130)115-94(10,35-16-17-36-95)91(135)112-66(28-15-19-40-102-55(4)119)80(124)107-70(47-73(97)121)84(128)111-72(45-59-23-21-38-100-49-59)90(134)116(11)51-75(99)123/h12-13,20-26,29-34,38,42,49-50,53,65-72,77-79,103,117H,14-19,27-28,35-37,39-41,43-48,51,95-96H2,1-11H3,(H2,97,121)(H2,98,122)(H2,99,123)(H,101,118)(H,102,119)(H,104,120)(H,105,127)(H,106,126)(H,107,124)(H,108,131)(H,109,133)(H,110,132)(H,111,128)(H,112,135)(H,113,129)(H,114,125)(H,115,130)/t53-,65+,66+,67+,68+,69+,70+,71+,72+,77+,78-,79-,94?/m1/s1. The van der Waals surface area contributed by atoms with Gasteiger partial charge in [0, 0.05) is 112 Å². The molecule has 13 atom stereocenters. The minimum atomic E-state index is -2.07. The van der Waals surface area contributed by atoms with Crippen molar-refractivity contribution in [2.45, 2.75) is 253 Å². The molecule has 1 unspecified atom stereocenters. The van der Waals surface area contributed by atoms with E-state index in [-0.39, 0.29) is 122 Å². The third kappa shape index (κ3) is 35.0. The Hall–Kier alpha value is -13.3. The highest BCUT2D eigenvalue weighted by molar-refractivity contribution is 8.77. The SMILES string of the molecule is CC(=O)NCCCC[C@@H]1NC(=O)[C@H](Cc2c[nH]c3c(C)cccc23)NC(=O)[C@H]([C@@H](C)O)NC(=O)[C@H](CC(N)=O)NC(=O)[C@@H](NC(C)=O)C(C)(C)SSC(C)(C)[C@@H](C(=O)N[C@@H](Cc2ccc(OCCN)cc2)C(=O)N[C@@H](Cc2ccc3ccccc3c2)C(=O)NC(C)(CCCCN)C(=O)N[C@@H](CCCCNC(C)=O)C(=O)N[C@@H](CC(N)=O)C(=O)N[C@@H](Cc2cccnc2)C(=O)N(C)CC(N)=O)NC1=O. The van der Waals surface area contributed by atoms with E-state index < -0.39 is 208 Å². The van der Waals surface area contributed by atoms with Crippen molar-refractivity contribution in [1.29, 1.82) is 0 Å². The normalized spacial score (nSPS) is 18.7. The predicted octanol–water partition coefficient (Wildman–Crippen LogP) is -1.37. The van der Waals surface area contributed by atoms with E-state index >= 15 is 33.6 Å². The van der Waals surface area contributed by atoms with E-state index in [1.54, 1.807) is 79.0 Å². The van der Waals surface area contributed by atoms with E-state index in [9.17, 15) is 57.8 Å². The molecule has 0 aliphatic carbocycles. The number of primary amides is 3. The fourth-order valence-corrected chi connectivity index (χ4v) is 18.2. The summed E-state index contributed by atoms with van der Waals surface area (Å²) < 4.78 is 2.56. The first-order valence-electron chi connectivity index (χ1n) is 45.5. The number of rotatable bonds is 46. The molecule has 42 nitrogen and oxygen atoms in total. The van der Waals surface area contributed by atoms with Crippen LogP contribution in [-0.4, -0.2) is 260 Å². The Labute approximate surface area is 808 Å². The van der Waals surface area contributed by atoms with Gasteiger partial charge < -0.3 is 123 Å². The maximum absolute atomic E-state index is 16.4. The molecule has 6 aromatic rings. The zero-order chi connectivity index (χ0) is 102. The first-order chi connectivity index (χ1) is 65.2. The number of amides is 18. The topological polar surface area (TPSA) is 667 Å². The van der Waals surface area contributed by atoms with Gasteiger partial charge in [-0.2, -0.15) is 0 Å². The average Bonchev–Trinajstić information content (AvgIpc) is 1.63. The molecule has 750 valence electrons. The maximum Gasteiger partial charge on any atom is 0.246 e. The molecule has 0 spiro atoms. The molecule has 0 saturated carbocycles. The number of aromatic nitrogens is 2. The second-order valence-corrected chi connectivity index (χ2v) is 39.0. The molecule has 44 heteroatoms. The van der Waals surface area contributed by atoms with Crippen LogP contribution in [-0.2, 0) is 112 Å². The summed E-state index contributed by atoms with van der Waals surface area (Å²) in [5, 5.41) is 51.0. The Kier molecular flexibility index (Phi) is 43.2. The summed E-state index contributed by atoms with van der Waals surface area (Å²) in [6, 6.07) is 8.31. The van der Waals surface area contributed by atoms with Gasteiger partial charge in [0.1, 0.15) is 84.4 Å². The molecular formula is C94H132N22O20S2. The molecule has 1 aliphatic rings. The number of nitrogens with zero attached hydrogens (tertiary/aromatic N) is 2. The number of H-pyrrole nitrogens is 1. The number of aryl methyl sites for hydroxylation is 1. The van der Waals surface area contributed by atoms with Crippen LogP contribution in [0.25, 0.3) is 21.7 Å². The van der Waals surface area contributed by atoms with Crippen molar-refractivity contribution in [3.8, 4) is 5.75 Å². The van der Waals surface area contributed by atoms with Crippen molar-refractivity contribution in [2.24, 2.45) is 28.7 Å². The Balaban J connectivity index is 1.37. The smallest absolute Gasteiger partial charge is 0.246 e. The summed E-state index contributed by atoms with van der Waals surface area (Å²) in [7, 11) is 3.06. The number of unbranched alkanes of at least 4 members (excludes halogenated alkanes) is 3. The van der Waals surface area contributed by atoms with Gasteiger partial charge in [-0.1, -0.05) is 100 Å². The third-order valence-electron chi connectivity index (χ3n) is 22.9. The molecule has 7 rings (SSSR count). The lowest BCUT2D eigenvalue weighted by molar-refractivity contribution is -0.139. The molecule has 4 aromatic carbocycles. The fourth-order valence-electron chi connectivity index (χ4n) is 15.4. The Morgan fingerprint density at radius 3 is 1.80 bits per heavy atom. The summed E-state index contributed by atoms with van der Waals surface area (Å²) in [5.74, 6) is -16.8. The van der Waals surface area contributed by atoms with Crippen molar-refractivity contribution >= 4 is 150 Å². The highest BCUT2D eigenvalue weighted by atomic mass is 33.1. The van der Waals surface area contributed by atoms with Crippen molar-refractivity contribution in [1.82, 2.24) is 89.3 Å². The van der Waals surface area contributed by atoms with Gasteiger partial charge in [-0.25, -0.2) is 0 Å². The van der Waals surface area contributed by atoms with Crippen LogP contribution in [0.1, 0.15) is 161 Å². The largest absolute Gasteiger partial charge is 0.492 e. The quantitative estimate of drug-likeness (QED) is 0.0155. The number of hydrogen-bond donors (Lipinski definition) is 21. The minimum Gasteiger partial charge on any atom is -0.492 e. The molecule has 1 aliphatic heterocycles. The van der Waals surface area contributed by atoms with Crippen molar-refractivity contribution in [3.63, 3.8) is 0 Å². The molecule has 3 heterocycles. The zero-order valence-electron chi connectivity index (χ0n) is 79.5. The molecule has 18 amide bonds. The number of nitrogens with one attached hydrogen (secondary N) is 15. The second kappa shape index (κ2) is 53.4. The van der Waals surface area contributed by atoms with E-state index in [4.69, 9.17) is 33.4 Å². The lowest BCUT2D eigenvalue weighted by Crippen LogP contribution is -2.65. The van der Waals surface area contributed by atoms with Gasteiger partial charge in [0.15, 0.2) is 0 Å². The number of ether oxygens (including phenoxy) is 1. The fraction of sp³-hybridized carbons (Fsp3) is 0.500. The Bertz CT molecular complexity index is 5320. The highest BCUT2D eigenvalue weighted by Gasteiger charge is 2.48. The van der Waals surface area contributed by atoms with Gasteiger partial charge in [-0.3, -0.25) is 91.3 Å². The zero-order valence-corrected chi connectivity index (χ0v) is 81.2. The average molecular weight is 1950 g/mol. The van der Waals surface area contributed by atoms with Crippen LogP contribution in [0.15, 0.2) is 116 Å². The van der Waals surface area contributed by atoms with Crippen molar-refractivity contribution in [2.75, 3.05) is 46.4 Å². The molecular weight excluding hydrogens is 1820 g/mol.